The normalized spacial score (nSPS) is 11.8. The van der Waals surface area contributed by atoms with Crippen LogP contribution in [0.25, 0.3) is 16.6 Å². The van der Waals surface area contributed by atoms with Gasteiger partial charge >= 0.3 is 0 Å². The van der Waals surface area contributed by atoms with Crippen LogP contribution in [0.4, 0.5) is 26.4 Å². The van der Waals surface area contributed by atoms with Crippen LogP contribution in [0, 0.1) is 23.0 Å². The third-order valence-electron chi connectivity index (χ3n) is 4.78. The molecule has 5 N–H and O–H groups in total. The van der Waals surface area contributed by atoms with Crippen molar-refractivity contribution in [2.24, 2.45) is 0 Å². The maximum Gasteiger partial charge on any atom is 0.269 e. The lowest BCUT2D eigenvalue weighted by atomic mass is 10.2. The molecule has 0 spiro atoms. The van der Waals surface area contributed by atoms with E-state index in [0.29, 0.717) is 0 Å². The van der Waals surface area contributed by atoms with Gasteiger partial charge in [-0.25, -0.2) is 13.8 Å². The standard InChI is InChI=1S/C21H15ClF2N8O/c1-9(28-18-13(8-25)17(26)30-21(27)31-18)19-29-15-4-2-3-14(24)16(15)20(33)32(19)12-6-10(22)5-11(23)7-12/h2-7,9H,1H3,(H5,26,27,28,30,31). The molecule has 0 radical (unpaired) electrons. The largest absolute Gasteiger partial charge is 0.382 e. The van der Waals surface area contributed by atoms with E-state index in [2.05, 4.69) is 20.3 Å². The molecule has 4 rings (SSSR count). The Kier molecular flexibility index (Phi) is 5.53. The summed E-state index contributed by atoms with van der Waals surface area (Å²) < 4.78 is 29.7. The number of hydrogen-bond acceptors (Lipinski definition) is 8. The number of benzene rings is 2. The number of rotatable bonds is 4. The van der Waals surface area contributed by atoms with E-state index < -0.39 is 23.2 Å². The molecule has 0 saturated carbocycles. The van der Waals surface area contributed by atoms with Gasteiger partial charge in [-0.3, -0.25) is 9.36 Å². The minimum Gasteiger partial charge on any atom is -0.382 e. The number of hydrogen-bond donors (Lipinski definition) is 3. The molecule has 1 unspecified atom stereocenters. The van der Waals surface area contributed by atoms with Crippen molar-refractivity contribution in [1.82, 2.24) is 19.5 Å². The number of nitrogen functional groups attached to an aromatic ring is 2. The van der Waals surface area contributed by atoms with Gasteiger partial charge in [-0.1, -0.05) is 17.7 Å². The molecule has 0 aliphatic carbocycles. The van der Waals surface area contributed by atoms with Gasteiger partial charge in [0.25, 0.3) is 5.56 Å². The number of anilines is 3. The van der Waals surface area contributed by atoms with Crippen LogP contribution in [-0.2, 0) is 0 Å². The molecule has 0 amide bonds. The summed E-state index contributed by atoms with van der Waals surface area (Å²) in [5.41, 5.74) is 10.7. The zero-order valence-corrected chi connectivity index (χ0v) is 17.7. The van der Waals surface area contributed by atoms with Gasteiger partial charge in [0.1, 0.15) is 40.3 Å². The van der Waals surface area contributed by atoms with Crippen molar-refractivity contribution in [3.8, 4) is 11.8 Å². The van der Waals surface area contributed by atoms with E-state index in [1.807, 2.05) is 6.07 Å². The lowest BCUT2D eigenvalue weighted by molar-refractivity contribution is 0.623. The maximum atomic E-state index is 14.5. The van der Waals surface area contributed by atoms with Crippen molar-refractivity contribution in [3.05, 3.63) is 74.8 Å². The fourth-order valence-corrected chi connectivity index (χ4v) is 3.61. The summed E-state index contributed by atoms with van der Waals surface area (Å²) in [4.78, 5) is 25.5. The minimum absolute atomic E-state index is 0.00686. The second-order valence-corrected chi connectivity index (χ2v) is 7.48. The molecule has 0 saturated heterocycles. The van der Waals surface area contributed by atoms with Gasteiger partial charge in [0.15, 0.2) is 5.82 Å². The topological polar surface area (TPSA) is 149 Å². The lowest BCUT2D eigenvalue weighted by Gasteiger charge is -2.21. The molecule has 9 nitrogen and oxygen atoms in total. The first-order valence-electron chi connectivity index (χ1n) is 9.47. The first kappa shape index (κ1) is 21.9. The highest BCUT2D eigenvalue weighted by Crippen LogP contribution is 2.26. The predicted octanol–water partition coefficient (Wildman–Crippen LogP) is 3.32. The van der Waals surface area contributed by atoms with Crippen LogP contribution in [0.1, 0.15) is 24.4 Å². The van der Waals surface area contributed by atoms with E-state index >= 15 is 0 Å². The number of nitriles is 1. The molecule has 4 aromatic rings. The Hall–Kier alpha value is -4.30. The Morgan fingerprint density at radius 3 is 2.64 bits per heavy atom. The number of nitrogens with zero attached hydrogens (tertiary/aromatic N) is 5. The van der Waals surface area contributed by atoms with E-state index in [0.717, 1.165) is 22.8 Å². The van der Waals surface area contributed by atoms with Crippen LogP contribution in [0.3, 0.4) is 0 Å². The van der Waals surface area contributed by atoms with Crippen molar-refractivity contribution in [3.63, 3.8) is 0 Å². The number of nitrogens with one attached hydrogen (secondary N) is 1. The summed E-state index contributed by atoms with van der Waals surface area (Å²) >= 11 is 5.99. The zero-order chi connectivity index (χ0) is 23.9. The summed E-state index contributed by atoms with van der Waals surface area (Å²) in [5, 5.41) is 12.1. The van der Waals surface area contributed by atoms with E-state index in [1.54, 1.807) is 6.92 Å². The molecule has 166 valence electrons. The smallest absolute Gasteiger partial charge is 0.269 e. The third kappa shape index (κ3) is 3.99. The van der Waals surface area contributed by atoms with Gasteiger partial charge < -0.3 is 16.8 Å². The highest BCUT2D eigenvalue weighted by Gasteiger charge is 2.22. The van der Waals surface area contributed by atoms with Gasteiger partial charge in [0.2, 0.25) is 5.95 Å². The van der Waals surface area contributed by atoms with E-state index in [9.17, 15) is 18.8 Å². The Morgan fingerprint density at radius 1 is 1.18 bits per heavy atom. The number of aromatic nitrogens is 4. The molecule has 2 aromatic heterocycles. The first-order valence-corrected chi connectivity index (χ1v) is 9.84. The monoisotopic (exact) mass is 468 g/mol. The van der Waals surface area contributed by atoms with Crippen LogP contribution in [0.2, 0.25) is 5.02 Å². The maximum absolute atomic E-state index is 14.5. The van der Waals surface area contributed by atoms with Crippen LogP contribution < -0.4 is 22.3 Å². The lowest BCUT2D eigenvalue weighted by Crippen LogP contribution is -2.28. The van der Waals surface area contributed by atoms with Gasteiger partial charge in [-0.2, -0.15) is 15.2 Å². The molecular weight excluding hydrogens is 454 g/mol. The Bertz CT molecular complexity index is 1500. The zero-order valence-electron chi connectivity index (χ0n) is 17.0. The molecule has 0 aliphatic rings. The molecular formula is C21H15ClF2N8O. The first-order chi connectivity index (χ1) is 15.7. The van der Waals surface area contributed by atoms with Crippen molar-refractivity contribution in [2.45, 2.75) is 13.0 Å². The van der Waals surface area contributed by atoms with Crippen LogP contribution >= 0.6 is 11.6 Å². The number of nitrogens with two attached hydrogens (primary N) is 2. The van der Waals surface area contributed by atoms with Gasteiger partial charge in [0, 0.05) is 5.02 Å². The molecule has 0 aliphatic heterocycles. The predicted molar refractivity (Wildman–Crippen MR) is 120 cm³/mol. The Labute approximate surface area is 190 Å². The van der Waals surface area contributed by atoms with Crippen LogP contribution in [-0.4, -0.2) is 19.5 Å². The van der Waals surface area contributed by atoms with Crippen molar-refractivity contribution in [2.75, 3.05) is 16.8 Å². The van der Waals surface area contributed by atoms with Crippen molar-refractivity contribution >= 4 is 40.1 Å². The number of fused-ring (bicyclic) bond motifs is 1. The summed E-state index contributed by atoms with van der Waals surface area (Å²) in [6, 6.07) is 8.56. The van der Waals surface area contributed by atoms with Crippen molar-refractivity contribution in [1.29, 1.82) is 5.26 Å². The summed E-state index contributed by atoms with van der Waals surface area (Å²) in [6.07, 6.45) is 0. The quantitative estimate of drug-likeness (QED) is 0.413. The SMILES string of the molecule is CC(Nc1nc(N)nc(N)c1C#N)c1nc2cccc(F)c2c(=O)n1-c1cc(F)cc(Cl)c1. The van der Waals surface area contributed by atoms with Gasteiger partial charge in [-0.05, 0) is 37.3 Å². The average Bonchev–Trinajstić information content (AvgIpc) is 2.72. The number of halogens is 3. The minimum atomic E-state index is -0.812. The summed E-state index contributed by atoms with van der Waals surface area (Å²) in [7, 11) is 0. The molecule has 0 bridgehead atoms. The van der Waals surface area contributed by atoms with Crippen LogP contribution in [0.5, 0.6) is 0 Å². The fraction of sp³-hybridized carbons (Fsp3) is 0.0952. The highest BCUT2D eigenvalue weighted by atomic mass is 35.5. The molecule has 0 fully saturated rings. The Balaban J connectivity index is 1.97. The Morgan fingerprint density at radius 2 is 1.94 bits per heavy atom. The van der Waals surface area contributed by atoms with Gasteiger partial charge in [0.05, 0.1) is 17.2 Å². The molecule has 1 atom stereocenters. The summed E-state index contributed by atoms with van der Waals surface area (Å²) in [6.45, 7) is 1.61. The summed E-state index contributed by atoms with van der Waals surface area (Å²) in [5.74, 6) is -1.72. The molecule has 33 heavy (non-hydrogen) atoms. The average molecular weight is 469 g/mol. The third-order valence-corrected chi connectivity index (χ3v) is 5.00. The van der Waals surface area contributed by atoms with E-state index in [4.69, 9.17) is 23.1 Å². The highest BCUT2D eigenvalue weighted by molar-refractivity contribution is 6.30. The van der Waals surface area contributed by atoms with E-state index in [1.165, 1.54) is 18.2 Å². The van der Waals surface area contributed by atoms with Crippen LogP contribution in [0.15, 0.2) is 41.2 Å². The second-order valence-electron chi connectivity index (χ2n) is 7.04. The van der Waals surface area contributed by atoms with E-state index in [-0.39, 0.29) is 50.6 Å². The van der Waals surface area contributed by atoms with Crippen molar-refractivity contribution < 1.29 is 8.78 Å². The second kappa shape index (κ2) is 8.33. The molecule has 2 aromatic carbocycles. The fourth-order valence-electron chi connectivity index (χ4n) is 3.40. The molecule has 12 heteroatoms. The molecule has 2 heterocycles. The van der Waals surface area contributed by atoms with Gasteiger partial charge in [-0.15, -0.1) is 0 Å².